The largest absolute Gasteiger partial charge is 0.496 e. The lowest BCUT2D eigenvalue weighted by atomic mass is 10.2. The van der Waals surface area contributed by atoms with Gasteiger partial charge >= 0.3 is 0 Å². The van der Waals surface area contributed by atoms with Crippen molar-refractivity contribution in [2.45, 2.75) is 20.1 Å². The molecule has 0 heterocycles. The maximum atomic E-state index is 5.56. The Labute approximate surface area is 96.6 Å². The van der Waals surface area contributed by atoms with Gasteiger partial charge < -0.3 is 14.2 Å². The molecule has 0 spiro atoms. The molecule has 1 aromatic rings. The van der Waals surface area contributed by atoms with E-state index < -0.39 is 0 Å². The van der Waals surface area contributed by atoms with Crippen molar-refractivity contribution in [3.8, 4) is 11.5 Å². The van der Waals surface area contributed by atoms with Gasteiger partial charge in [0.2, 0.25) is 0 Å². The van der Waals surface area contributed by atoms with Crippen molar-refractivity contribution in [2.24, 2.45) is 0 Å². The minimum absolute atomic E-state index is 0.260. The van der Waals surface area contributed by atoms with Crippen molar-refractivity contribution < 1.29 is 14.2 Å². The molecule has 0 aliphatic heterocycles. The summed E-state index contributed by atoms with van der Waals surface area (Å²) in [4.78, 5) is 0. The Balaban J connectivity index is 2.78. The quantitative estimate of drug-likeness (QED) is 0.692. The molecule has 1 atom stereocenters. The number of methoxy groups -OCH3 is 1. The summed E-state index contributed by atoms with van der Waals surface area (Å²) in [5.41, 5.74) is 0.943. The maximum absolute atomic E-state index is 5.56. The van der Waals surface area contributed by atoms with Crippen molar-refractivity contribution in [3.63, 3.8) is 0 Å². The van der Waals surface area contributed by atoms with Gasteiger partial charge in [-0.1, -0.05) is 12.7 Å². The Morgan fingerprint density at radius 1 is 1.44 bits per heavy atom. The minimum atomic E-state index is -0.260. The first kappa shape index (κ1) is 12.6. The second-order valence-corrected chi connectivity index (χ2v) is 3.25. The van der Waals surface area contributed by atoms with Crippen LogP contribution < -0.4 is 9.47 Å². The summed E-state index contributed by atoms with van der Waals surface area (Å²) in [5.74, 6) is 1.47. The molecule has 0 aromatic heterocycles. The van der Waals surface area contributed by atoms with Gasteiger partial charge in [0.05, 0.1) is 7.11 Å². The van der Waals surface area contributed by atoms with E-state index in [1.54, 1.807) is 13.2 Å². The Morgan fingerprint density at radius 2 is 2.19 bits per heavy atom. The molecular formula is C13H18O3. The van der Waals surface area contributed by atoms with Crippen LogP contribution in [0.1, 0.15) is 19.4 Å². The van der Waals surface area contributed by atoms with Gasteiger partial charge in [-0.2, -0.15) is 0 Å². The van der Waals surface area contributed by atoms with Gasteiger partial charge in [-0.25, -0.2) is 0 Å². The standard InChI is InChI=1S/C13H18O3/c1-5-11-7-8-12(9-13(11)14-4)16-10(3)15-6-2/h5,7-10H,1,6H2,2-4H3. The van der Waals surface area contributed by atoms with E-state index in [1.807, 2.05) is 32.0 Å². The molecule has 0 saturated carbocycles. The van der Waals surface area contributed by atoms with Gasteiger partial charge in [-0.3, -0.25) is 0 Å². The number of benzene rings is 1. The lowest BCUT2D eigenvalue weighted by molar-refractivity contribution is -0.0613. The zero-order chi connectivity index (χ0) is 12.0. The molecule has 0 N–H and O–H groups in total. The minimum Gasteiger partial charge on any atom is -0.496 e. The predicted molar refractivity (Wildman–Crippen MR) is 64.8 cm³/mol. The number of ether oxygens (including phenoxy) is 3. The summed E-state index contributed by atoms with van der Waals surface area (Å²) in [6, 6.07) is 5.60. The van der Waals surface area contributed by atoms with Crippen molar-refractivity contribution in [2.75, 3.05) is 13.7 Å². The fourth-order valence-electron chi connectivity index (χ4n) is 1.39. The second kappa shape index (κ2) is 6.18. The zero-order valence-electron chi connectivity index (χ0n) is 10.0. The van der Waals surface area contributed by atoms with Gasteiger partial charge in [0.1, 0.15) is 11.5 Å². The molecule has 0 aliphatic rings. The Bertz CT molecular complexity index is 347. The smallest absolute Gasteiger partial charge is 0.196 e. The highest BCUT2D eigenvalue weighted by atomic mass is 16.7. The summed E-state index contributed by atoms with van der Waals surface area (Å²) in [5, 5.41) is 0. The monoisotopic (exact) mass is 222 g/mol. The fraction of sp³-hybridized carbons (Fsp3) is 0.385. The van der Waals surface area contributed by atoms with Crippen LogP contribution in [0, 0.1) is 0 Å². The van der Waals surface area contributed by atoms with Gasteiger partial charge in [-0.15, -0.1) is 0 Å². The van der Waals surface area contributed by atoms with E-state index in [4.69, 9.17) is 14.2 Å². The van der Waals surface area contributed by atoms with Crippen molar-refractivity contribution in [1.29, 1.82) is 0 Å². The van der Waals surface area contributed by atoms with Crippen molar-refractivity contribution >= 4 is 6.08 Å². The molecular weight excluding hydrogens is 204 g/mol. The molecule has 1 aromatic carbocycles. The summed E-state index contributed by atoms with van der Waals surface area (Å²) in [7, 11) is 1.62. The topological polar surface area (TPSA) is 27.7 Å². The molecule has 3 heteroatoms. The molecule has 0 amide bonds. The van der Waals surface area contributed by atoms with Crippen molar-refractivity contribution in [3.05, 3.63) is 30.3 Å². The van der Waals surface area contributed by atoms with Crippen LogP contribution in [0.2, 0.25) is 0 Å². The average Bonchev–Trinajstić information content (AvgIpc) is 2.29. The van der Waals surface area contributed by atoms with E-state index >= 15 is 0 Å². The van der Waals surface area contributed by atoms with Crippen molar-refractivity contribution in [1.82, 2.24) is 0 Å². The van der Waals surface area contributed by atoms with E-state index in [0.717, 1.165) is 17.1 Å². The lowest BCUT2D eigenvalue weighted by Crippen LogP contribution is -2.15. The molecule has 3 nitrogen and oxygen atoms in total. The van der Waals surface area contributed by atoms with Crippen LogP contribution in [0.15, 0.2) is 24.8 Å². The second-order valence-electron chi connectivity index (χ2n) is 3.25. The predicted octanol–water partition coefficient (Wildman–Crippen LogP) is 3.10. The van der Waals surface area contributed by atoms with E-state index in [0.29, 0.717) is 6.61 Å². The molecule has 16 heavy (non-hydrogen) atoms. The maximum Gasteiger partial charge on any atom is 0.196 e. The molecule has 0 bridgehead atoms. The highest BCUT2D eigenvalue weighted by molar-refractivity contribution is 5.57. The third-order valence-corrected chi connectivity index (χ3v) is 2.13. The Kier molecular flexibility index (Phi) is 4.86. The first-order chi connectivity index (χ1) is 7.71. The molecule has 0 aliphatic carbocycles. The molecule has 88 valence electrons. The molecule has 0 saturated heterocycles. The summed E-state index contributed by atoms with van der Waals surface area (Å²) < 4.78 is 16.1. The summed E-state index contributed by atoms with van der Waals surface area (Å²) >= 11 is 0. The van der Waals surface area contributed by atoms with Crippen LogP contribution >= 0.6 is 0 Å². The molecule has 0 radical (unpaired) electrons. The normalized spacial score (nSPS) is 11.9. The van der Waals surface area contributed by atoms with Crippen LogP contribution in [-0.4, -0.2) is 20.0 Å². The lowest BCUT2D eigenvalue weighted by Gasteiger charge is -2.15. The Hall–Kier alpha value is -1.48. The molecule has 1 unspecified atom stereocenters. The summed E-state index contributed by atoms with van der Waals surface area (Å²) in [6.45, 7) is 8.13. The van der Waals surface area contributed by atoms with Gasteiger partial charge in [0.25, 0.3) is 0 Å². The highest BCUT2D eigenvalue weighted by Gasteiger charge is 2.06. The van der Waals surface area contributed by atoms with E-state index in [2.05, 4.69) is 6.58 Å². The molecule has 0 fully saturated rings. The van der Waals surface area contributed by atoms with E-state index in [9.17, 15) is 0 Å². The van der Waals surface area contributed by atoms with Gasteiger partial charge in [0, 0.05) is 18.2 Å². The average molecular weight is 222 g/mol. The van der Waals surface area contributed by atoms with Crippen LogP contribution in [-0.2, 0) is 4.74 Å². The summed E-state index contributed by atoms with van der Waals surface area (Å²) in [6.07, 6.45) is 1.48. The third kappa shape index (κ3) is 3.28. The van der Waals surface area contributed by atoms with E-state index in [-0.39, 0.29) is 6.29 Å². The number of rotatable bonds is 6. The first-order valence-corrected chi connectivity index (χ1v) is 5.30. The third-order valence-electron chi connectivity index (χ3n) is 2.13. The zero-order valence-corrected chi connectivity index (χ0v) is 10.0. The fourth-order valence-corrected chi connectivity index (χ4v) is 1.39. The Morgan fingerprint density at radius 3 is 2.75 bits per heavy atom. The van der Waals surface area contributed by atoms with Crippen LogP contribution in [0.3, 0.4) is 0 Å². The van der Waals surface area contributed by atoms with Crippen LogP contribution in [0.25, 0.3) is 6.08 Å². The SMILES string of the molecule is C=Cc1ccc(OC(C)OCC)cc1OC. The first-order valence-electron chi connectivity index (χ1n) is 5.30. The van der Waals surface area contributed by atoms with E-state index in [1.165, 1.54) is 0 Å². The van der Waals surface area contributed by atoms with Gasteiger partial charge in [-0.05, 0) is 26.0 Å². The van der Waals surface area contributed by atoms with Crippen LogP contribution in [0.4, 0.5) is 0 Å². The molecule has 1 rings (SSSR count). The van der Waals surface area contributed by atoms with Gasteiger partial charge in [0.15, 0.2) is 6.29 Å². The highest BCUT2D eigenvalue weighted by Crippen LogP contribution is 2.26. The van der Waals surface area contributed by atoms with Crippen LogP contribution in [0.5, 0.6) is 11.5 Å². The number of hydrogen-bond donors (Lipinski definition) is 0. The number of hydrogen-bond acceptors (Lipinski definition) is 3.